The van der Waals surface area contributed by atoms with Crippen molar-refractivity contribution in [3.8, 4) is 12.3 Å². The Morgan fingerprint density at radius 2 is 2.14 bits per heavy atom. The molecule has 0 radical (unpaired) electrons. The number of thioether (sulfide) groups is 1. The molecule has 0 aromatic heterocycles. The van der Waals surface area contributed by atoms with Gasteiger partial charge in [0.25, 0.3) is 0 Å². The largest absolute Gasteiger partial charge is 0.125 e. The Morgan fingerprint density at radius 1 is 1.29 bits per heavy atom. The van der Waals surface area contributed by atoms with Crippen molar-refractivity contribution in [2.24, 2.45) is 0 Å². The smallest absolute Gasteiger partial charge is 0.0180 e. The third-order valence-electron chi connectivity index (χ3n) is 2.59. The van der Waals surface area contributed by atoms with Crippen molar-refractivity contribution in [2.45, 2.75) is 30.6 Å². The van der Waals surface area contributed by atoms with E-state index < -0.39 is 0 Å². The van der Waals surface area contributed by atoms with Gasteiger partial charge >= 0.3 is 0 Å². The quantitative estimate of drug-likeness (QED) is 0.412. The Kier molecular flexibility index (Phi) is 3.16. The first-order chi connectivity index (χ1) is 6.90. The number of aryl methyl sites for hydroxylation is 2. The normalized spacial score (nSPS) is 13.6. The van der Waals surface area contributed by atoms with E-state index in [4.69, 9.17) is 6.42 Å². The van der Waals surface area contributed by atoms with Crippen LogP contribution in [0.4, 0.5) is 0 Å². The molecule has 1 aromatic rings. The number of terminal acetylenes is 1. The molecule has 0 bridgehead atoms. The third kappa shape index (κ3) is 2.13. The Labute approximate surface area is 90.1 Å². The molecule has 1 aliphatic carbocycles. The molecule has 0 N–H and O–H groups in total. The van der Waals surface area contributed by atoms with Crippen LogP contribution < -0.4 is 0 Å². The second-order valence-electron chi connectivity index (χ2n) is 3.59. The molecule has 0 nitrogen and oxygen atoms in total. The summed E-state index contributed by atoms with van der Waals surface area (Å²) in [5.74, 6) is 3.71. The zero-order valence-corrected chi connectivity index (χ0v) is 9.07. The SMILES string of the molecule is C#CCCSc1ccc2c(c1)CCC2. The highest BCUT2D eigenvalue weighted by Crippen LogP contribution is 2.27. The number of benzene rings is 1. The summed E-state index contributed by atoms with van der Waals surface area (Å²) in [5, 5.41) is 0. The lowest BCUT2D eigenvalue weighted by atomic mass is 10.1. The van der Waals surface area contributed by atoms with Crippen molar-refractivity contribution in [1.29, 1.82) is 0 Å². The minimum Gasteiger partial charge on any atom is -0.125 e. The molecular weight excluding hydrogens is 188 g/mol. The van der Waals surface area contributed by atoms with Gasteiger partial charge in [-0.25, -0.2) is 0 Å². The molecular formula is C13H14S. The van der Waals surface area contributed by atoms with Gasteiger partial charge in [-0.05, 0) is 42.5 Å². The van der Waals surface area contributed by atoms with E-state index in [-0.39, 0.29) is 0 Å². The van der Waals surface area contributed by atoms with Gasteiger partial charge in [0.2, 0.25) is 0 Å². The molecule has 72 valence electrons. The van der Waals surface area contributed by atoms with Gasteiger partial charge in [0.1, 0.15) is 0 Å². The molecule has 1 aliphatic rings. The van der Waals surface area contributed by atoms with Crippen molar-refractivity contribution in [1.82, 2.24) is 0 Å². The molecule has 0 spiro atoms. The van der Waals surface area contributed by atoms with Gasteiger partial charge in [0.05, 0.1) is 0 Å². The summed E-state index contributed by atoms with van der Waals surface area (Å²) in [4.78, 5) is 1.38. The summed E-state index contributed by atoms with van der Waals surface area (Å²) in [7, 11) is 0. The maximum absolute atomic E-state index is 5.22. The second-order valence-corrected chi connectivity index (χ2v) is 4.75. The van der Waals surface area contributed by atoms with Crippen molar-refractivity contribution in [3.05, 3.63) is 29.3 Å². The number of fused-ring (bicyclic) bond motifs is 1. The molecule has 1 aromatic carbocycles. The van der Waals surface area contributed by atoms with Crippen molar-refractivity contribution < 1.29 is 0 Å². The van der Waals surface area contributed by atoms with E-state index >= 15 is 0 Å². The van der Waals surface area contributed by atoms with Crippen LogP contribution in [-0.4, -0.2) is 5.75 Å². The Bertz CT molecular complexity index is 360. The fourth-order valence-electron chi connectivity index (χ4n) is 1.87. The molecule has 1 heteroatoms. The molecule has 0 heterocycles. The minimum atomic E-state index is 0.863. The fraction of sp³-hybridized carbons (Fsp3) is 0.385. The highest BCUT2D eigenvalue weighted by atomic mass is 32.2. The molecule has 14 heavy (non-hydrogen) atoms. The monoisotopic (exact) mass is 202 g/mol. The van der Waals surface area contributed by atoms with Crippen LogP contribution in [0.25, 0.3) is 0 Å². The molecule has 0 fully saturated rings. The van der Waals surface area contributed by atoms with Crippen LogP contribution in [0.3, 0.4) is 0 Å². The van der Waals surface area contributed by atoms with Crippen LogP contribution in [0.1, 0.15) is 24.0 Å². The van der Waals surface area contributed by atoms with Gasteiger partial charge in [0, 0.05) is 17.1 Å². The Hall–Kier alpha value is -0.870. The zero-order chi connectivity index (χ0) is 9.80. The molecule has 0 aliphatic heterocycles. The van der Waals surface area contributed by atoms with Gasteiger partial charge in [-0.3, -0.25) is 0 Å². The Balaban J connectivity index is 2.02. The highest BCUT2D eigenvalue weighted by molar-refractivity contribution is 7.99. The van der Waals surface area contributed by atoms with E-state index in [0.29, 0.717) is 0 Å². The maximum atomic E-state index is 5.22. The van der Waals surface area contributed by atoms with Gasteiger partial charge < -0.3 is 0 Å². The van der Waals surface area contributed by atoms with E-state index in [1.54, 1.807) is 11.1 Å². The Morgan fingerprint density at radius 3 is 3.00 bits per heavy atom. The maximum Gasteiger partial charge on any atom is 0.0180 e. The fourth-order valence-corrected chi connectivity index (χ4v) is 2.71. The number of hydrogen-bond donors (Lipinski definition) is 0. The first kappa shape index (κ1) is 9.68. The molecule has 0 amide bonds. The molecule has 0 atom stereocenters. The zero-order valence-electron chi connectivity index (χ0n) is 8.25. The predicted molar refractivity (Wildman–Crippen MR) is 62.6 cm³/mol. The van der Waals surface area contributed by atoms with Crippen molar-refractivity contribution in [3.63, 3.8) is 0 Å². The van der Waals surface area contributed by atoms with Crippen LogP contribution in [-0.2, 0) is 12.8 Å². The summed E-state index contributed by atoms with van der Waals surface area (Å²) in [6.45, 7) is 0. The van der Waals surface area contributed by atoms with Crippen LogP contribution in [0.5, 0.6) is 0 Å². The van der Waals surface area contributed by atoms with E-state index in [9.17, 15) is 0 Å². The topological polar surface area (TPSA) is 0 Å². The average molecular weight is 202 g/mol. The summed E-state index contributed by atoms with van der Waals surface area (Å²) >= 11 is 1.87. The van der Waals surface area contributed by atoms with E-state index in [1.165, 1.54) is 24.2 Å². The van der Waals surface area contributed by atoms with E-state index in [1.807, 2.05) is 11.8 Å². The van der Waals surface area contributed by atoms with Gasteiger partial charge in [-0.1, -0.05) is 6.07 Å². The summed E-state index contributed by atoms with van der Waals surface area (Å²) in [5.41, 5.74) is 3.10. The van der Waals surface area contributed by atoms with Gasteiger partial charge in [-0.15, -0.1) is 24.1 Å². The second kappa shape index (κ2) is 4.57. The summed E-state index contributed by atoms with van der Waals surface area (Å²) in [6, 6.07) is 6.84. The third-order valence-corrected chi connectivity index (χ3v) is 3.58. The number of hydrogen-bond acceptors (Lipinski definition) is 1. The lowest BCUT2D eigenvalue weighted by molar-refractivity contribution is 0.911. The van der Waals surface area contributed by atoms with Crippen LogP contribution >= 0.6 is 11.8 Å². The molecule has 0 saturated heterocycles. The van der Waals surface area contributed by atoms with Crippen LogP contribution in [0, 0.1) is 12.3 Å². The van der Waals surface area contributed by atoms with Gasteiger partial charge in [0.15, 0.2) is 0 Å². The first-order valence-electron chi connectivity index (χ1n) is 5.08. The number of rotatable bonds is 3. The molecule has 0 saturated carbocycles. The molecule has 0 unspecified atom stereocenters. The van der Waals surface area contributed by atoms with Crippen LogP contribution in [0.2, 0.25) is 0 Å². The summed E-state index contributed by atoms with van der Waals surface area (Å²) in [6.07, 6.45) is 9.94. The van der Waals surface area contributed by atoms with Crippen molar-refractivity contribution >= 4 is 11.8 Å². The highest BCUT2D eigenvalue weighted by Gasteiger charge is 2.10. The predicted octanol–water partition coefficient (Wildman–Crippen LogP) is 3.29. The minimum absolute atomic E-state index is 0.863. The van der Waals surface area contributed by atoms with Crippen molar-refractivity contribution in [2.75, 3.05) is 5.75 Å². The van der Waals surface area contributed by atoms with Crippen LogP contribution in [0.15, 0.2) is 23.1 Å². The van der Waals surface area contributed by atoms with E-state index in [2.05, 4.69) is 24.1 Å². The lowest BCUT2D eigenvalue weighted by Crippen LogP contribution is -1.83. The lowest BCUT2D eigenvalue weighted by Gasteiger charge is -2.03. The molecule has 2 rings (SSSR count). The summed E-state index contributed by atoms with van der Waals surface area (Å²) < 4.78 is 0. The van der Waals surface area contributed by atoms with E-state index in [0.717, 1.165) is 12.2 Å². The average Bonchev–Trinajstić information content (AvgIpc) is 2.65. The standard InChI is InChI=1S/C13H14S/c1-2-3-9-14-13-8-7-11-5-4-6-12(11)10-13/h1,7-8,10H,3-6,9H2. The van der Waals surface area contributed by atoms with Gasteiger partial charge in [-0.2, -0.15) is 0 Å². The first-order valence-corrected chi connectivity index (χ1v) is 6.07.